The Morgan fingerprint density at radius 3 is 2.00 bits per heavy atom. The molecule has 2 aromatic carbocycles. The van der Waals surface area contributed by atoms with Gasteiger partial charge in [0, 0.05) is 12.8 Å². The Morgan fingerprint density at radius 1 is 0.800 bits per heavy atom. The van der Waals surface area contributed by atoms with Gasteiger partial charge in [0.2, 0.25) is 5.91 Å². The summed E-state index contributed by atoms with van der Waals surface area (Å²) in [7, 11) is 2.84. The molecule has 0 bridgehead atoms. The highest BCUT2D eigenvalue weighted by molar-refractivity contribution is 5.85. The van der Waals surface area contributed by atoms with Gasteiger partial charge in [-0.2, -0.15) is 0 Å². The van der Waals surface area contributed by atoms with Gasteiger partial charge in [-0.1, -0.05) is 24.3 Å². The van der Waals surface area contributed by atoms with Gasteiger partial charge in [0.1, 0.15) is 17.5 Å². The Balaban J connectivity index is 1.92. The minimum absolute atomic E-state index is 0.0627. The predicted molar refractivity (Wildman–Crippen MR) is 127 cm³/mol. The van der Waals surface area contributed by atoms with Gasteiger partial charge in [-0.3, -0.25) is 14.4 Å². The smallest absolute Gasteiger partial charge is 0.328 e. The zero-order chi connectivity index (χ0) is 25.6. The number of benzene rings is 2. The molecule has 0 aliphatic carbocycles. The first-order valence-corrected chi connectivity index (χ1v) is 11.3. The van der Waals surface area contributed by atoms with E-state index in [0.29, 0.717) is 12.2 Å². The molecule has 188 valence electrons. The average molecular weight is 486 g/mol. The molecule has 0 radical (unpaired) electrons. The van der Waals surface area contributed by atoms with E-state index >= 15 is 0 Å². The molecule has 0 aliphatic rings. The van der Waals surface area contributed by atoms with Crippen LogP contribution in [0.5, 0.6) is 11.5 Å². The molecule has 1 amide bonds. The summed E-state index contributed by atoms with van der Waals surface area (Å²) in [4.78, 5) is 47.9. The number of hydrogen-bond acceptors (Lipinski definition) is 8. The predicted octanol–water partition coefficient (Wildman–Crippen LogP) is 2.78. The van der Waals surface area contributed by atoms with E-state index in [0.717, 1.165) is 16.9 Å². The van der Waals surface area contributed by atoms with Crippen molar-refractivity contribution in [3.8, 4) is 11.5 Å². The Hall–Kier alpha value is -3.88. The van der Waals surface area contributed by atoms with E-state index in [1.807, 2.05) is 24.3 Å². The number of carbonyl (C=O) groups is 4. The third-order valence-electron chi connectivity index (χ3n) is 5.06. The van der Waals surface area contributed by atoms with Crippen LogP contribution in [-0.4, -0.2) is 50.7 Å². The summed E-state index contributed by atoms with van der Waals surface area (Å²) in [6.07, 6.45) is 0.780. The zero-order valence-corrected chi connectivity index (χ0v) is 20.2. The minimum Gasteiger partial charge on any atom is -0.497 e. The van der Waals surface area contributed by atoms with Crippen LogP contribution in [0.25, 0.3) is 0 Å². The van der Waals surface area contributed by atoms with Crippen LogP contribution in [-0.2, 0) is 41.5 Å². The molecule has 0 saturated heterocycles. The highest BCUT2D eigenvalue weighted by Gasteiger charge is 2.22. The first-order chi connectivity index (χ1) is 16.8. The number of amides is 1. The largest absolute Gasteiger partial charge is 0.497 e. The van der Waals surface area contributed by atoms with Gasteiger partial charge >= 0.3 is 17.9 Å². The standard InChI is InChI=1S/C26H31NO8/c1-4-34-26(31)22(27-23(28)14-9-18-5-10-20(32-2)11-6-18)17-19-7-12-21(13-8-19)35-25(30)16-15-24(29)33-3/h5-8,10-13,22H,4,9,14-17H2,1-3H3,(H,27,28). The van der Waals surface area contributed by atoms with E-state index in [-0.39, 0.29) is 38.2 Å². The van der Waals surface area contributed by atoms with E-state index in [2.05, 4.69) is 10.1 Å². The highest BCUT2D eigenvalue weighted by Crippen LogP contribution is 2.16. The Labute approximate surface area is 204 Å². The Morgan fingerprint density at radius 2 is 1.40 bits per heavy atom. The maximum Gasteiger partial charge on any atom is 0.328 e. The SMILES string of the molecule is CCOC(=O)C(Cc1ccc(OC(=O)CCC(=O)OC)cc1)NC(=O)CCc1ccc(OC)cc1. The van der Waals surface area contributed by atoms with Crippen molar-refractivity contribution in [2.75, 3.05) is 20.8 Å². The summed E-state index contributed by atoms with van der Waals surface area (Å²) in [6.45, 7) is 1.89. The number of ether oxygens (including phenoxy) is 4. The van der Waals surface area contributed by atoms with Crippen molar-refractivity contribution in [1.29, 1.82) is 0 Å². The molecule has 0 aromatic heterocycles. The van der Waals surface area contributed by atoms with Crippen LogP contribution in [0.15, 0.2) is 48.5 Å². The van der Waals surface area contributed by atoms with Crippen molar-refractivity contribution in [1.82, 2.24) is 5.32 Å². The summed E-state index contributed by atoms with van der Waals surface area (Å²) in [5.74, 6) is -0.800. The van der Waals surface area contributed by atoms with Crippen LogP contribution >= 0.6 is 0 Å². The van der Waals surface area contributed by atoms with Gasteiger partial charge in [-0.25, -0.2) is 4.79 Å². The second-order valence-electron chi connectivity index (χ2n) is 7.62. The molecule has 1 atom stereocenters. The van der Waals surface area contributed by atoms with Crippen LogP contribution < -0.4 is 14.8 Å². The van der Waals surface area contributed by atoms with Crippen molar-refractivity contribution in [2.45, 2.75) is 45.1 Å². The lowest BCUT2D eigenvalue weighted by Gasteiger charge is -2.18. The molecular formula is C26H31NO8. The second kappa shape index (κ2) is 14.4. The summed E-state index contributed by atoms with van der Waals surface area (Å²) < 4.78 is 19.9. The van der Waals surface area contributed by atoms with E-state index in [4.69, 9.17) is 14.2 Å². The number of esters is 3. The quantitative estimate of drug-likeness (QED) is 0.340. The topological polar surface area (TPSA) is 117 Å². The lowest BCUT2D eigenvalue weighted by atomic mass is 10.0. The van der Waals surface area contributed by atoms with Crippen molar-refractivity contribution < 1.29 is 38.1 Å². The van der Waals surface area contributed by atoms with Gasteiger partial charge in [-0.05, 0) is 48.7 Å². The van der Waals surface area contributed by atoms with Gasteiger partial charge in [0.05, 0.1) is 33.7 Å². The van der Waals surface area contributed by atoms with Crippen molar-refractivity contribution in [2.24, 2.45) is 0 Å². The normalized spacial score (nSPS) is 11.2. The van der Waals surface area contributed by atoms with Gasteiger partial charge in [-0.15, -0.1) is 0 Å². The molecule has 0 spiro atoms. The van der Waals surface area contributed by atoms with Crippen molar-refractivity contribution in [3.05, 3.63) is 59.7 Å². The average Bonchev–Trinajstić information content (AvgIpc) is 2.87. The molecule has 1 N–H and O–H groups in total. The van der Waals surface area contributed by atoms with Gasteiger partial charge in [0.15, 0.2) is 0 Å². The molecule has 35 heavy (non-hydrogen) atoms. The fourth-order valence-electron chi connectivity index (χ4n) is 3.17. The lowest BCUT2D eigenvalue weighted by molar-refractivity contribution is -0.147. The number of carbonyl (C=O) groups excluding carboxylic acids is 4. The molecule has 0 saturated carbocycles. The van der Waals surface area contributed by atoms with E-state index in [9.17, 15) is 19.2 Å². The monoisotopic (exact) mass is 485 g/mol. The second-order valence-corrected chi connectivity index (χ2v) is 7.62. The highest BCUT2D eigenvalue weighted by atomic mass is 16.5. The zero-order valence-electron chi connectivity index (χ0n) is 20.2. The van der Waals surface area contributed by atoms with Gasteiger partial charge in [0.25, 0.3) is 0 Å². The summed E-state index contributed by atoms with van der Waals surface area (Å²) in [5, 5.41) is 2.76. The third-order valence-corrected chi connectivity index (χ3v) is 5.06. The fraction of sp³-hybridized carbons (Fsp3) is 0.385. The summed E-state index contributed by atoms with van der Waals surface area (Å²) >= 11 is 0. The molecule has 0 heterocycles. The Kier molecular flexibility index (Phi) is 11.3. The molecular weight excluding hydrogens is 454 g/mol. The number of hydrogen-bond donors (Lipinski definition) is 1. The van der Waals surface area contributed by atoms with E-state index in [1.165, 1.54) is 7.11 Å². The molecule has 0 aliphatic heterocycles. The van der Waals surface area contributed by atoms with Crippen LogP contribution in [0.3, 0.4) is 0 Å². The van der Waals surface area contributed by atoms with Crippen molar-refractivity contribution in [3.63, 3.8) is 0 Å². The molecule has 2 rings (SSSR count). The van der Waals surface area contributed by atoms with E-state index in [1.54, 1.807) is 38.3 Å². The van der Waals surface area contributed by atoms with Crippen LogP contribution in [0.4, 0.5) is 0 Å². The number of nitrogens with one attached hydrogen (secondary N) is 1. The minimum atomic E-state index is -0.855. The maximum absolute atomic E-state index is 12.5. The fourth-order valence-corrected chi connectivity index (χ4v) is 3.17. The molecule has 9 nitrogen and oxygen atoms in total. The molecule has 1 unspecified atom stereocenters. The van der Waals surface area contributed by atoms with Crippen LogP contribution in [0.2, 0.25) is 0 Å². The molecule has 9 heteroatoms. The van der Waals surface area contributed by atoms with Crippen LogP contribution in [0.1, 0.15) is 37.3 Å². The molecule has 2 aromatic rings. The first kappa shape index (κ1) is 27.4. The third kappa shape index (κ3) is 9.87. The number of rotatable bonds is 13. The number of methoxy groups -OCH3 is 2. The maximum atomic E-state index is 12.5. The van der Waals surface area contributed by atoms with Crippen LogP contribution in [0, 0.1) is 0 Å². The first-order valence-electron chi connectivity index (χ1n) is 11.3. The number of aryl methyl sites for hydroxylation is 1. The Bertz CT molecular complexity index is 985. The summed E-state index contributed by atoms with van der Waals surface area (Å²) in [6, 6.07) is 13.1. The molecule has 0 fully saturated rings. The van der Waals surface area contributed by atoms with E-state index < -0.39 is 23.9 Å². The summed E-state index contributed by atoms with van der Waals surface area (Å²) in [5.41, 5.74) is 1.72. The lowest BCUT2D eigenvalue weighted by Crippen LogP contribution is -2.43. The van der Waals surface area contributed by atoms with Crippen molar-refractivity contribution >= 4 is 23.8 Å². The van der Waals surface area contributed by atoms with Gasteiger partial charge < -0.3 is 24.3 Å².